The summed E-state index contributed by atoms with van der Waals surface area (Å²) < 4.78 is 4.65. The van der Waals surface area contributed by atoms with Crippen molar-refractivity contribution in [3.8, 4) is 34.3 Å². The Morgan fingerprint density at radius 2 is 1.02 bits per heavy atom. The molecule has 9 aromatic rings. The molecule has 5 aromatic carbocycles. The topological polar surface area (TPSA) is 47.5 Å². The maximum Gasteiger partial charge on any atom is 0.180 e. The number of rotatable bonds is 3. The Labute approximate surface area is 241 Å². The molecule has 0 aliphatic carbocycles. The molecule has 0 amide bonds. The van der Waals surface area contributed by atoms with Crippen LogP contribution < -0.4 is 0 Å². The second-order valence-electron chi connectivity index (χ2n) is 10.6. The highest BCUT2D eigenvalue weighted by atomic mass is 15.1. The van der Waals surface area contributed by atoms with Crippen molar-refractivity contribution in [2.75, 3.05) is 0 Å². The summed E-state index contributed by atoms with van der Waals surface area (Å²) in [4.78, 5) is 15.1. The molecule has 0 aliphatic heterocycles. The molecule has 5 heteroatoms. The minimum Gasteiger partial charge on any atom is -0.314 e. The van der Waals surface area contributed by atoms with Crippen LogP contribution in [-0.2, 0) is 0 Å². The summed E-state index contributed by atoms with van der Waals surface area (Å²) in [6.45, 7) is 0. The molecular weight excluding hydrogens is 514 g/mol. The predicted octanol–water partition coefficient (Wildman–Crippen LogP) is 8.84. The number of fused-ring (bicyclic) bond motifs is 4. The predicted molar refractivity (Wildman–Crippen MR) is 171 cm³/mol. The Kier molecular flexibility index (Phi) is 4.83. The third-order valence-electron chi connectivity index (χ3n) is 8.14. The fraction of sp³-hybridized carbons (Fsp3) is 0. The van der Waals surface area contributed by atoms with Gasteiger partial charge < -0.3 is 8.80 Å². The van der Waals surface area contributed by atoms with Gasteiger partial charge in [-0.15, -0.1) is 0 Å². The van der Waals surface area contributed by atoms with Crippen LogP contribution in [0.15, 0.2) is 140 Å². The number of benzene rings is 5. The molecule has 0 atom stereocenters. The Morgan fingerprint density at radius 3 is 1.79 bits per heavy atom. The first-order chi connectivity index (χ1) is 20.8. The van der Waals surface area contributed by atoms with Crippen molar-refractivity contribution in [3.63, 3.8) is 0 Å². The van der Waals surface area contributed by atoms with E-state index in [0.717, 1.165) is 44.1 Å². The first-order valence-electron chi connectivity index (χ1n) is 14.1. The van der Waals surface area contributed by atoms with Crippen molar-refractivity contribution < 1.29 is 0 Å². The number of nitrogens with zero attached hydrogens (tertiary/aromatic N) is 5. The van der Waals surface area contributed by atoms with Gasteiger partial charge in [0.15, 0.2) is 17.5 Å². The summed E-state index contributed by atoms with van der Waals surface area (Å²) in [5.74, 6) is 1.93. The molecule has 0 saturated carbocycles. The van der Waals surface area contributed by atoms with E-state index < -0.39 is 0 Å². The summed E-state index contributed by atoms with van der Waals surface area (Å²) in [5.41, 5.74) is 7.37. The molecule has 0 aliphatic rings. The SMILES string of the molecule is c1ccc(-c2nc(-c3ccccc3)nc(-c3cc4cccc5c4n3c3ccccc3c3cccc4ccn5c43)n2)cc1. The fourth-order valence-corrected chi connectivity index (χ4v) is 6.28. The third kappa shape index (κ3) is 3.34. The van der Waals surface area contributed by atoms with E-state index in [2.05, 4.69) is 87.8 Å². The third-order valence-corrected chi connectivity index (χ3v) is 8.14. The minimum absolute atomic E-state index is 0.631. The highest BCUT2D eigenvalue weighted by Gasteiger charge is 2.19. The second kappa shape index (κ2) is 8.85. The van der Waals surface area contributed by atoms with Gasteiger partial charge in [0.1, 0.15) is 0 Å². The summed E-state index contributed by atoms with van der Waals surface area (Å²) in [5, 5.41) is 4.71. The van der Waals surface area contributed by atoms with Crippen LogP contribution in [0.3, 0.4) is 0 Å². The van der Waals surface area contributed by atoms with Crippen molar-refractivity contribution in [2.24, 2.45) is 0 Å². The van der Waals surface area contributed by atoms with Crippen LogP contribution in [0.25, 0.3) is 77.9 Å². The van der Waals surface area contributed by atoms with Gasteiger partial charge in [0.05, 0.1) is 27.8 Å². The van der Waals surface area contributed by atoms with Gasteiger partial charge in [0, 0.05) is 38.9 Å². The molecule has 4 aromatic heterocycles. The lowest BCUT2D eigenvalue weighted by Gasteiger charge is -2.12. The van der Waals surface area contributed by atoms with Crippen LogP contribution in [-0.4, -0.2) is 23.8 Å². The van der Waals surface area contributed by atoms with Crippen LogP contribution in [0.5, 0.6) is 0 Å². The minimum atomic E-state index is 0.631. The van der Waals surface area contributed by atoms with E-state index in [4.69, 9.17) is 15.0 Å². The van der Waals surface area contributed by atoms with Crippen LogP contribution in [0, 0.1) is 0 Å². The van der Waals surface area contributed by atoms with Gasteiger partial charge in [-0.2, -0.15) is 0 Å². The summed E-state index contributed by atoms with van der Waals surface area (Å²) in [7, 11) is 0. The zero-order valence-electron chi connectivity index (χ0n) is 22.5. The van der Waals surface area contributed by atoms with Crippen LogP contribution >= 0.6 is 0 Å². The zero-order chi connectivity index (χ0) is 27.6. The molecule has 196 valence electrons. The molecule has 42 heavy (non-hydrogen) atoms. The lowest BCUT2D eigenvalue weighted by Crippen LogP contribution is -2.02. The molecule has 0 spiro atoms. The van der Waals surface area contributed by atoms with Gasteiger partial charge in [-0.3, -0.25) is 0 Å². The van der Waals surface area contributed by atoms with Crippen molar-refractivity contribution >= 4 is 43.6 Å². The molecular formula is C37H23N5. The standard InChI is InChI=1S/C37H23N5/c1-3-11-25(12-4-1)35-38-36(26-13-5-2-6-14-26)40-37(39-35)32-23-27-16-10-20-31-34(27)42(32)30-19-8-7-17-28(30)29-18-9-15-24-21-22-41(31)33(24)29/h1-23H. The van der Waals surface area contributed by atoms with Crippen molar-refractivity contribution in [2.45, 2.75) is 0 Å². The fourth-order valence-electron chi connectivity index (χ4n) is 6.28. The normalized spacial score (nSPS) is 11.8. The van der Waals surface area contributed by atoms with E-state index in [1.165, 1.54) is 16.3 Å². The number of hydrogen-bond acceptors (Lipinski definition) is 3. The molecule has 0 fully saturated rings. The zero-order valence-corrected chi connectivity index (χ0v) is 22.5. The van der Waals surface area contributed by atoms with Gasteiger partial charge >= 0.3 is 0 Å². The van der Waals surface area contributed by atoms with E-state index in [9.17, 15) is 0 Å². The average Bonchev–Trinajstić information content (AvgIpc) is 3.67. The smallest absolute Gasteiger partial charge is 0.180 e. The van der Waals surface area contributed by atoms with Gasteiger partial charge in [-0.25, -0.2) is 15.0 Å². The van der Waals surface area contributed by atoms with Gasteiger partial charge in [-0.05, 0) is 24.3 Å². The Morgan fingerprint density at radius 1 is 0.429 bits per heavy atom. The molecule has 0 unspecified atom stereocenters. The summed E-state index contributed by atoms with van der Waals surface area (Å²) in [6.07, 6.45) is 2.18. The second-order valence-corrected chi connectivity index (χ2v) is 10.6. The quantitative estimate of drug-likeness (QED) is 0.226. The number of para-hydroxylation sites is 3. The Bertz CT molecular complexity index is 2400. The molecule has 9 rings (SSSR count). The first-order valence-corrected chi connectivity index (χ1v) is 14.1. The van der Waals surface area contributed by atoms with Crippen molar-refractivity contribution in [1.29, 1.82) is 0 Å². The van der Waals surface area contributed by atoms with E-state index in [1.807, 2.05) is 60.7 Å². The van der Waals surface area contributed by atoms with Gasteiger partial charge in [0.2, 0.25) is 0 Å². The summed E-state index contributed by atoms with van der Waals surface area (Å²) in [6, 6.07) is 46.4. The van der Waals surface area contributed by atoms with E-state index >= 15 is 0 Å². The lowest BCUT2D eigenvalue weighted by atomic mass is 10.1. The summed E-state index contributed by atoms with van der Waals surface area (Å²) >= 11 is 0. The van der Waals surface area contributed by atoms with Crippen LogP contribution in [0.4, 0.5) is 0 Å². The van der Waals surface area contributed by atoms with E-state index in [0.29, 0.717) is 17.5 Å². The van der Waals surface area contributed by atoms with Gasteiger partial charge in [-0.1, -0.05) is 109 Å². The first kappa shape index (κ1) is 22.9. The maximum absolute atomic E-state index is 5.11. The monoisotopic (exact) mass is 537 g/mol. The maximum atomic E-state index is 5.11. The average molecular weight is 538 g/mol. The van der Waals surface area contributed by atoms with Crippen molar-refractivity contribution in [3.05, 3.63) is 140 Å². The van der Waals surface area contributed by atoms with Crippen LogP contribution in [0.2, 0.25) is 0 Å². The molecule has 5 nitrogen and oxygen atoms in total. The number of hydrogen-bond donors (Lipinski definition) is 0. The van der Waals surface area contributed by atoms with E-state index in [-0.39, 0.29) is 0 Å². The molecule has 0 N–H and O–H groups in total. The number of aromatic nitrogens is 5. The highest BCUT2D eigenvalue weighted by Crippen LogP contribution is 2.36. The largest absolute Gasteiger partial charge is 0.314 e. The Balaban J connectivity index is 1.48. The van der Waals surface area contributed by atoms with Crippen LogP contribution in [0.1, 0.15) is 0 Å². The van der Waals surface area contributed by atoms with Crippen molar-refractivity contribution in [1.82, 2.24) is 23.8 Å². The van der Waals surface area contributed by atoms with E-state index in [1.54, 1.807) is 0 Å². The molecule has 0 radical (unpaired) electrons. The molecule has 4 heterocycles. The molecule has 0 saturated heterocycles. The Hall–Kier alpha value is -5.81. The highest BCUT2D eigenvalue weighted by molar-refractivity contribution is 6.13. The molecule has 0 bridgehead atoms. The van der Waals surface area contributed by atoms with Gasteiger partial charge in [0.25, 0.3) is 0 Å². The lowest BCUT2D eigenvalue weighted by molar-refractivity contribution is 1.06.